The average Bonchev–Trinajstić information content (AvgIpc) is 2.98. The predicted octanol–water partition coefficient (Wildman–Crippen LogP) is 2.29. The third-order valence-corrected chi connectivity index (χ3v) is 4.52. The first-order valence-electron chi connectivity index (χ1n) is 7.27. The summed E-state index contributed by atoms with van der Waals surface area (Å²) in [5.74, 6) is 1.08. The van der Waals surface area contributed by atoms with Crippen LogP contribution in [0.4, 0.5) is 0 Å². The van der Waals surface area contributed by atoms with Gasteiger partial charge in [-0.25, -0.2) is 0 Å². The van der Waals surface area contributed by atoms with Crippen molar-refractivity contribution in [1.82, 2.24) is 4.90 Å². The Balaban J connectivity index is 1.91. The number of hydrogen-bond acceptors (Lipinski definition) is 2. The molecule has 0 aromatic carbocycles. The average molecular weight is 238 g/mol. The molecule has 0 aromatic heterocycles. The van der Waals surface area contributed by atoms with Gasteiger partial charge in [0.15, 0.2) is 0 Å². The SMILES string of the molecule is CCC(N)CC(=O)N1CCCC1C1CCCC1. The molecule has 3 heteroatoms. The zero-order valence-corrected chi connectivity index (χ0v) is 11.0. The van der Waals surface area contributed by atoms with E-state index in [4.69, 9.17) is 5.73 Å². The van der Waals surface area contributed by atoms with E-state index in [1.165, 1.54) is 38.5 Å². The third-order valence-electron chi connectivity index (χ3n) is 4.52. The Hall–Kier alpha value is -0.570. The van der Waals surface area contributed by atoms with Crippen molar-refractivity contribution in [3.63, 3.8) is 0 Å². The summed E-state index contributed by atoms with van der Waals surface area (Å²) in [5, 5.41) is 0. The minimum Gasteiger partial charge on any atom is -0.339 e. The molecule has 1 amide bonds. The zero-order chi connectivity index (χ0) is 12.3. The molecule has 2 atom stereocenters. The predicted molar refractivity (Wildman–Crippen MR) is 69.6 cm³/mol. The fourth-order valence-electron chi connectivity index (χ4n) is 3.42. The van der Waals surface area contributed by atoms with E-state index in [-0.39, 0.29) is 6.04 Å². The molecular formula is C14H26N2O. The quantitative estimate of drug-likeness (QED) is 0.817. The van der Waals surface area contributed by atoms with Gasteiger partial charge in [0.25, 0.3) is 0 Å². The molecule has 0 bridgehead atoms. The summed E-state index contributed by atoms with van der Waals surface area (Å²) in [5.41, 5.74) is 5.89. The van der Waals surface area contributed by atoms with E-state index < -0.39 is 0 Å². The van der Waals surface area contributed by atoms with Crippen molar-refractivity contribution in [2.45, 2.75) is 70.4 Å². The lowest BCUT2D eigenvalue weighted by atomic mass is 9.95. The van der Waals surface area contributed by atoms with E-state index in [2.05, 4.69) is 11.8 Å². The van der Waals surface area contributed by atoms with Gasteiger partial charge in [-0.05, 0) is 38.0 Å². The van der Waals surface area contributed by atoms with E-state index in [9.17, 15) is 4.79 Å². The smallest absolute Gasteiger partial charge is 0.224 e. The second kappa shape index (κ2) is 5.85. The number of carbonyl (C=O) groups is 1. The molecule has 1 saturated carbocycles. The Labute approximate surface area is 105 Å². The first-order chi connectivity index (χ1) is 8.22. The highest BCUT2D eigenvalue weighted by molar-refractivity contribution is 5.77. The summed E-state index contributed by atoms with van der Waals surface area (Å²) in [4.78, 5) is 14.4. The van der Waals surface area contributed by atoms with Crippen LogP contribution in [0.5, 0.6) is 0 Å². The number of nitrogens with two attached hydrogens (primary N) is 1. The molecule has 2 aliphatic rings. The standard InChI is InChI=1S/C14H26N2O/c1-2-12(15)10-14(17)16-9-5-8-13(16)11-6-3-4-7-11/h11-13H,2-10,15H2,1H3. The van der Waals surface area contributed by atoms with Crippen molar-refractivity contribution in [3.8, 4) is 0 Å². The molecule has 2 rings (SSSR count). The number of carbonyl (C=O) groups excluding carboxylic acids is 1. The molecule has 1 heterocycles. The molecule has 3 nitrogen and oxygen atoms in total. The molecule has 0 spiro atoms. The third kappa shape index (κ3) is 3.01. The highest BCUT2D eigenvalue weighted by Gasteiger charge is 2.35. The van der Waals surface area contributed by atoms with Crippen molar-refractivity contribution in [2.24, 2.45) is 11.7 Å². The minimum absolute atomic E-state index is 0.0485. The van der Waals surface area contributed by atoms with E-state index in [0.29, 0.717) is 18.4 Å². The second-order valence-electron chi connectivity index (χ2n) is 5.71. The van der Waals surface area contributed by atoms with Crippen LogP contribution in [0.15, 0.2) is 0 Å². The van der Waals surface area contributed by atoms with Gasteiger partial charge in [-0.3, -0.25) is 4.79 Å². The molecule has 17 heavy (non-hydrogen) atoms. The molecule has 2 unspecified atom stereocenters. The number of likely N-dealkylation sites (tertiary alicyclic amines) is 1. The number of rotatable bonds is 4. The fourth-order valence-corrected chi connectivity index (χ4v) is 3.42. The highest BCUT2D eigenvalue weighted by Crippen LogP contribution is 2.35. The van der Waals surface area contributed by atoms with Crippen LogP contribution < -0.4 is 5.73 Å². The van der Waals surface area contributed by atoms with Gasteiger partial charge in [0, 0.05) is 25.0 Å². The van der Waals surface area contributed by atoms with Gasteiger partial charge in [-0.1, -0.05) is 19.8 Å². The maximum atomic E-state index is 12.2. The molecule has 1 aliphatic heterocycles. The Morgan fingerprint density at radius 3 is 2.65 bits per heavy atom. The largest absolute Gasteiger partial charge is 0.339 e. The Morgan fingerprint density at radius 1 is 1.29 bits per heavy atom. The number of hydrogen-bond donors (Lipinski definition) is 1. The van der Waals surface area contributed by atoms with Gasteiger partial charge in [0.2, 0.25) is 5.91 Å². The van der Waals surface area contributed by atoms with E-state index in [0.717, 1.165) is 18.9 Å². The maximum Gasteiger partial charge on any atom is 0.224 e. The van der Waals surface area contributed by atoms with Crippen LogP contribution in [0.3, 0.4) is 0 Å². The van der Waals surface area contributed by atoms with Crippen LogP contribution in [0, 0.1) is 5.92 Å². The van der Waals surface area contributed by atoms with Gasteiger partial charge < -0.3 is 10.6 Å². The summed E-state index contributed by atoms with van der Waals surface area (Å²) < 4.78 is 0. The van der Waals surface area contributed by atoms with Crippen molar-refractivity contribution in [2.75, 3.05) is 6.54 Å². The van der Waals surface area contributed by atoms with Crippen molar-refractivity contribution in [3.05, 3.63) is 0 Å². The Morgan fingerprint density at radius 2 is 2.00 bits per heavy atom. The number of amides is 1. The molecule has 2 N–H and O–H groups in total. The summed E-state index contributed by atoms with van der Waals surface area (Å²) in [6.07, 6.45) is 9.22. The van der Waals surface area contributed by atoms with Crippen molar-refractivity contribution >= 4 is 5.91 Å². The van der Waals surface area contributed by atoms with E-state index in [1.807, 2.05) is 0 Å². The molecule has 1 saturated heterocycles. The van der Waals surface area contributed by atoms with Crippen LogP contribution in [-0.4, -0.2) is 29.4 Å². The van der Waals surface area contributed by atoms with Gasteiger partial charge >= 0.3 is 0 Å². The maximum absolute atomic E-state index is 12.2. The van der Waals surface area contributed by atoms with E-state index in [1.54, 1.807) is 0 Å². The van der Waals surface area contributed by atoms with Gasteiger partial charge in [-0.2, -0.15) is 0 Å². The van der Waals surface area contributed by atoms with Crippen LogP contribution >= 0.6 is 0 Å². The number of nitrogens with zero attached hydrogens (tertiary/aromatic N) is 1. The molecule has 1 aliphatic carbocycles. The zero-order valence-electron chi connectivity index (χ0n) is 11.0. The summed E-state index contributed by atoms with van der Waals surface area (Å²) in [6, 6.07) is 0.585. The highest BCUT2D eigenvalue weighted by atomic mass is 16.2. The first kappa shape index (κ1) is 12.9. The lowest BCUT2D eigenvalue weighted by molar-refractivity contribution is -0.133. The van der Waals surface area contributed by atoms with Crippen LogP contribution in [0.25, 0.3) is 0 Å². The normalized spacial score (nSPS) is 27.6. The van der Waals surface area contributed by atoms with Gasteiger partial charge in [0.05, 0.1) is 0 Å². The van der Waals surface area contributed by atoms with Crippen molar-refractivity contribution < 1.29 is 4.79 Å². The van der Waals surface area contributed by atoms with E-state index >= 15 is 0 Å². The molecule has 2 fully saturated rings. The molecular weight excluding hydrogens is 212 g/mol. The first-order valence-corrected chi connectivity index (χ1v) is 7.27. The van der Waals surface area contributed by atoms with Crippen LogP contribution in [0.1, 0.15) is 58.3 Å². The summed E-state index contributed by atoms with van der Waals surface area (Å²) in [6.45, 7) is 3.02. The molecule has 0 radical (unpaired) electrons. The van der Waals surface area contributed by atoms with Crippen molar-refractivity contribution in [1.29, 1.82) is 0 Å². The van der Waals surface area contributed by atoms with Crippen LogP contribution in [-0.2, 0) is 4.79 Å². The second-order valence-corrected chi connectivity index (χ2v) is 5.71. The van der Waals surface area contributed by atoms with Crippen LogP contribution in [0.2, 0.25) is 0 Å². The minimum atomic E-state index is 0.0485. The Bertz CT molecular complexity index is 261. The molecule has 98 valence electrons. The topological polar surface area (TPSA) is 46.3 Å². The summed E-state index contributed by atoms with van der Waals surface area (Å²) >= 11 is 0. The van der Waals surface area contributed by atoms with Gasteiger partial charge in [0.1, 0.15) is 0 Å². The monoisotopic (exact) mass is 238 g/mol. The Kier molecular flexibility index (Phi) is 4.43. The fraction of sp³-hybridized carbons (Fsp3) is 0.929. The lowest BCUT2D eigenvalue weighted by Crippen LogP contribution is -2.41. The molecule has 0 aromatic rings. The lowest BCUT2D eigenvalue weighted by Gasteiger charge is -2.30. The van der Waals surface area contributed by atoms with Gasteiger partial charge in [-0.15, -0.1) is 0 Å². The summed E-state index contributed by atoms with van der Waals surface area (Å²) in [7, 11) is 0.